The molecule has 0 aromatic heterocycles. The number of likely N-dealkylation sites (N-methyl/N-ethyl adjacent to an activating group) is 1. The number of carbonyl (C=O) groups is 1. The van der Waals surface area contributed by atoms with Gasteiger partial charge >= 0.3 is 0 Å². The van der Waals surface area contributed by atoms with Crippen LogP contribution >= 0.6 is 0 Å². The van der Waals surface area contributed by atoms with E-state index in [1.165, 1.54) is 12.8 Å². The number of benzene rings is 1. The van der Waals surface area contributed by atoms with Crippen molar-refractivity contribution in [1.29, 1.82) is 0 Å². The standard InChI is InChI=1S/C22H29NO4/c1-13-4-7-16(24)19-18(13)21-10-11-23(3,12-15-5-6-15)14(2)22(21,26)9-8-17(25)20(21)27-19/h4,7,14-15,20,26H,5-6,8-12H2,1-3H3/p+1/t14-,20+,21+,22-,23?/m1/s1. The number of phenols is 1. The molecule has 5 atom stereocenters. The first-order valence-electron chi connectivity index (χ1n) is 10.3. The second kappa shape index (κ2) is 5.26. The average molecular weight is 372 g/mol. The van der Waals surface area contributed by atoms with E-state index in [9.17, 15) is 15.0 Å². The number of piperidine rings is 1. The first-order valence-corrected chi connectivity index (χ1v) is 10.3. The van der Waals surface area contributed by atoms with Gasteiger partial charge in [-0.2, -0.15) is 0 Å². The SMILES string of the molecule is Cc1ccc(O)c2c1[C@]13CC[N+](C)(CC4CC4)[C@H](C)[C@]1(O)CCC(=O)[C@@H]3O2. The number of aromatic hydroxyl groups is 1. The molecular weight excluding hydrogens is 342 g/mol. The Morgan fingerprint density at radius 2 is 2.04 bits per heavy atom. The molecule has 0 bridgehead atoms. The van der Waals surface area contributed by atoms with Gasteiger partial charge in [0, 0.05) is 24.3 Å². The van der Waals surface area contributed by atoms with Crippen LogP contribution in [0.4, 0.5) is 0 Å². The molecule has 0 amide bonds. The summed E-state index contributed by atoms with van der Waals surface area (Å²) in [4.78, 5) is 12.9. The molecule has 2 aliphatic heterocycles. The van der Waals surface area contributed by atoms with E-state index in [4.69, 9.17) is 4.74 Å². The Morgan fingerprint density at radius 1 is 1.30 bits per heavy atom. The van der Waals surface area contributed by atoms with Crippen LogP contribution in [0.15, 0.2) is 12.1 Å². The fraction of sp³-hybridized carbons (Fsp3) is 0.682. The van der Waals surface area contributed by atoms with E-state index in [0.29, 0.717) is 25.0 Å². The van der Waals surface area contributed by atoms with Crippen molar-refractivity contribution in [3.05, 3.63) is 23.3 Å². The number of rotatable bonds is 2. The number of likely N-dealkylation sites (tertiary alicyclic amines) is 1. The molecule has 5 nitrogen and oxygen atoms in total. The maximum absolute atomic E-state index is 12.9. The van der Waals surface area contributed by atoms with Crippen LogP contribution in [0.25, 0.3) is 0 Å². The molecule has 1 aromatic rings. The molecule has 1 unspecified atom stereocenters. The summed E-state index contributed by atoms with van der Waals surface area (Å²) in [6, 6.07) is 3.52. The number of nitrogens with zero attached hydrogens (tertiary/aromatic N) is 1. The van der Waals surface area contributed by atoms with E-state index < -0.39 is 17.1 Å². The number of ether oxygens (including phenoxy) is 1. The van der Waals surface area contributed by atoms with Crippen LogP contribution in [0.1, 0.15) is 50.2 Å². The number of Topliss-reactive ketones (excluding diaryl/α,β-unsaturated/α-hetero) is 1. The van der Waals surface area contributed by atoms with Crippen molar-refractivity contribution in [1.82, 2.24) is 0 Å². The van der Waals surface area contributed by atoms with Gasteiger partial charge in [-0.25, -0.2) is 0 Å². The molecule has 0 radical (unpaired) electrons. The third-order valence-corrected chi connectivity index (χ3v) is 8.31. The summed E-state index contributed by atoms with van der Waals surface area (Å²) in [5.74, 6) is 1.32. The lowest BCUT2D eigenvalue weighted by molar-refractivity contribution is -0.948. The Balaban J connectivity index is 1.69. The molecule has 2 aliphatic carbocycles. The molecule has 4 aliphatic rings. The number of fused-ring (bicyclic) bond motifs is 1. The molecule has 1 aromatic carbocycles. The molecule has 146 valence electrons. The van der Waals surface area contributed by atoms with Gasteiger partial charge in [0.15, 0.2) is 23.4 Å². The van der Waals surface area contributed by atoms with Gasteiger partial charge in [0.25, 0.3) is 0 Å². The predicted octanol–water partition coefficient (Wildman–Crippen LogP) is 2.44. The van der Waals surface area contributed by atoms with Crippen LogP contribution in [0.3, 0.4) is 0 Å². The normalized spacial score (nSPS) is 42.9. The average Bonchev–Trinajstić information content (AvgIpc) is 3.35. The zero-order valence-electron chi connectivity index (χ0n) is 16.5. The van der Waals surface area contributed by atoms with Crippen molar-refractivity contribution >= 4 is 5.78 Å². The van der Waals surface area contributed by atoms with Gasteiger partial charge in [0.05, 0.1) is 25.6 Å². The summed E-state index contributed by atoms with van der Waals surface area (Å²) in [6.45, 7) is 6.18. The summed E-state index contributed by atoms with van der Waals surface area (Å²) in [7, 11) is 2.27. The van der Waals surface area contributed by atoms with Gasteiger partial charge in [0.2, 0.25) is 0 Å². The monoisotopic (exact) mass is 372 g/mol. The lowest BCUT2D eigenvalue weighted by atomic mass is 9.52. The maximum Gasteiger partial charge on any atom is 0.174 e. The van der Waals surface area contributed by atoms with Crippen LogP contribution in [-0.4, -0.2) is 58.4 Å². The van der Waals surface area contributed by atoms with Crippen molar-refractivity contribution in [3.8, 4) is 11.5 Å². The van der Waals surface area contributed by atoms with Crippen LogP contribution in [-0.2, 0) is 10.2 Å². The molecule has 2 N–H and O–H groups in total. The van der Waals surface area contributed by atoms with Gasteiger partial charge in [-0.1, -0.05) is 6.07 Å². The first-order chi connectivity index (χ1) is 12.7. The number of quaternary nitrogens is 1. The van der Waals surface area contributed by atoms with E-state index in [1.807, 2.05) is 13.0 Å². The molecule has 1 saturated heterocycles. The van der Waals surface area contributed by atoms with Crippen LogP contribution < -0.4 is 4.74 Å². The van der Waals surface area contributed by atoms with E-state index >= 15 is 0 Å². The number of phenolic OH excluding ortho intramolecular Hbond substituents is 1. The summed E-state index contributed by atoms with van der Waals surface area (Å²) in [6.07, 6.45) is 3.43. The third kappa shape index (κ3) is 2.05. The highest BCUT2D eigenvalue weighted by molar-refractivity contribution is 5.89. The molecule has 5 rings (SSSR count). The molecule has 27 heavy (non-hydrogen) atoms. The first kappa shape index (κ1) is 17.5. The van der Waals surface area contributed by atoms with E-state index in [2.05, 4.69) is 14.0 Å². The minimum absolute atomic E-state index is 0.0127. The third-order valence-electron chi connectivity index (χ3n) is 8.31. The smallest absolute Gasteiger partial charge is 0.174 e. The summed E-state index contributed by atoms with van der Waals surface area (Å²) in [5.41, 5.74) is 0.0925. The topological polar surface area (TPSA) is 66.8 Å². The number of aryl methyl sites for hydroxylation is 1. The van der Waals surface area contributed by atoms with Crippen molar-refractivity contribution in [2.24, 2.45) is 5.92 Å². The zero-order chi connectivity index (χ0) is 19.2. The number of ketones is 1. The summed E-state index contributed by atoms with van der Waals surface area (Å²) < 4.78 is 6.96. The fourth-order valence-electron chi connectivity index (χ4n) is 6.48. The van der Waals surface area contributed by atoms with Gasteiger partial charge in [-0.15, -0.1) is 0 Å². The van der Waals surface area contributed by atoms with Gasteiger partial charge in [0.1, 0.15) is 11.6 Å². The highest BCUT2D eigenvalue weighted by Crippen LogP contribution is 2.62. The van der Waals surface area contributed by atoms with Crippen LogP contribution in [0.2, 0.25) is 0 Å². The summed E-state index contributed by atoms with van der Waals surface area (Å²) >= 11 is 0. The highest BCUT2D eigenvalue weighted by atomic mass is 16.5. The van der Waals surface area contributed by atoms with Crippen molar-refractivity contribution in [2.75, 3.05) is 20.1 Å². The molecule has 2 heterocycles. The van der Waals surface area contributed by atoms with E-state index in [-0.39, 0.29) is 17.6 Å². The second-order valence-electron chi connectivity index (χ2n) is 9.72. The Labute approximate surface area is 160 Å². The highest BCUT2D eigenvalue weighted by Gasteiger charge is 2.73. The van der Waals surface area contributed by atoms with Gasteiger partial charge in [-0.05, 0) is 44.7 Å². The minimum Gasteiger partial charge on any atom is -0.504 e. The lowest BCUT2D eigenvalue weighted by Crippen LogP contribution is -2.78. The Hall–Kier alpha value is -1.59. The quantitative estimate of drug-likeness (QED) is 0.783. The zero-order valence-corrected chi connectivity index (χ0v) is 16.5. The Morgan fingerprint density at radius 3 is 2.74 bits per heavy atom. The fourth-order valence-corrected chi connectivity index (χ4v) is 6.48. The summed E-state index contributed by atoms with van der Waals surface area (Å²) in [5, 5.41) is 22.7. The molecule has 3 fully saturated rings. The minimum atomic E-state index is -1.02. The Bertz CT molecular complexity index is 834. The van der Waals surface area contributed by atoms with Crippen LogP contribution in [0, 0.1) is 12.8 Å². The lowest BCUT2D eigenvalue weighted by Gasteiger charge is -2.61. The molecule has 5 heteroatoms. The van der Waals surface area contributed by atoms with E-state index in [1.54, 1.807) is 6.07 Å². The van der Waals surface area contributed by atoms with Crippen molar-refractivity contribution in [2.45, 2.75) is 69.1 Å². The van der Waals surface area contributed by atoms with Crippen molar-refractivity contribution in [3.63, 3.8) is 0 Å². The molecule has 2 saturated carbocycles. The van der Waals surface area contributed by atoms with Gasteiger partial charge in [-0.3, -0.25) is 4.79 Å². The number of hydrogen-bond acceptors (Lipinski definition) is 4. The van der Waals surface area contributed by atoms with Crippen LogP contribution in [0.5, 0.6) is 11.5 Å². The number of aliphatic hydroxyl groups is 1. The maximum atomic E-state index is 12.9. The van der Waals surface area contributed by atoms with E-state index in [0.717, 1.165) is 34.6 Å². The number of carbonyl (C=O) groups excluding carboxylic acids is 1. The largest absolute Gasteiger partial charge is 0.504 e. The molecule has 1 spiro atoms. The number of hydrogen-bond donors (Lipinski definition) is 2. The Kier molecular flexibility index (Phi) is 3.41. The molecular formula is C22H30NO4+. The second-order valence-corrected chi connectivity index (χ2v) is 9.72. The van der Waals surface area contributed by atoms with Crippen molar-refractivity contribution < 1.29 is 24.2 Å². The predicted molar refractivity (Wildman–Crippen MR) is 101 cm³/mol. The van der Waals surface area contributed by atoms with Gasteiger partial charge < -0.3 is 19.4 Å².